The molecule has 0 saturated carbocycles. The summed E-state index contributed by atoms with van der Waals surface area (Å²) in [4.78, 5) is 4.26. The van der Waals surface area contributed by atoms with Crippen molar-refractivity contribution >= 4 is 5.82 Å². The minimum atomic E-state index is 0.811. The van der Waals surface area contributed by atoms with Gasteiger partial charge in [0.2, 0.25) is 0 Å². The van der Waals surface area contributed by atoms with Gasteiger partial charge in [-0.15, -0.1) is 0 Å². The summed E-state index contributed by atoms with van der Waals surface area (Å²) in [7, 11) is 1.89. The van der Waals surface area contributed by atoms with Crippen molar-refractivity contribution in [3.8, 4) is 11.3 Å². The average Bonchev–Trinajstić information content (AvgIpc) is 2.90. The van der Waals surface area contributed by atoms with Crippen LogP contribution in [-0.4, -0.2) is 22.2 Å². The van der Waals surface area contributed by atoms with Gasteiger partial charge in [0.1, 0.15) is 5.82 Å². The lowest BCUT2D eigenvalue weighted by Crippen LogP contribution is -2.13. The molecule has 0 radical (unpaired) electrons. The summed E-state index contributed by atoms with van der Waals surface area (Å²) in [5.74, 6) is 1.70. The van der Waals surface area contributed by atoms with Gasteiger partial charge in [0.15, 0.2) is 0 Å². The predicted molar refractivity (Wildman–Crippen MR) is 77.2 cm³/mol. The Morgan fingerprint density at radius 3 is 3.16 bits per heavy atom. The van der Waals surface area contributed by atoms with Gasteiger partial charge in [-0.2, -0.15) is 5.10 Å². The summed E-state index contributed by atoms with van der Waals surface area (Å²) >= 11 is 0. The predicted octanol–water partition coefficient (Wildman–Crippen LogP) is 3.03. The number of rotatable bonds is 3. The second-order valence-corrected chi connectivity index (χ2v) is 5.23. The third-order valence-corrected chi connectivity index (χ3v) is 4.12. The molecule has 1 unspecified atom stereocenters. The monoisotopic (exact) mass is 256 g/mol. The van der Waals surface area contributed by atoms with Crippen molar-refractivity contribution in [2.24, 2.45) is 5.92 Å². The first-order valence-corrected chi connectivity index (χ1v) is 7.02. The van der Waals surface area contributed by atoms with Crippen LogP contribution >= 0.6 is 0 Å². The van der Waals surface area contributed by atoms with Crippen LogP contribution < -0.4 is 5.32 Å². The zero-order valence-corrected chi connectivity index (χ0v) is 11.5. The molecule has 2 heterocycles. The van der Waals surface area contributed by atoms with E-state index in [4.69, 9.17) is 0 Å². The summed E-state index contributed by atoms with van der Waals surface area (Å²) in [5, 5.41) is 10.8. The smallest absolute Gasteiger partial charge is 0.126 e. The number of nitrogens with one attached hydrogen (secondary N) is 2. The van der Waals surface area contributed by atoms with E-state index in [9.17, 15) is 0 Å². The number of anilines is 1. The van der Waals surface area contributed by atoms with Crippen molar-refractivity contribution in [2.45, 2.75) is 32.6 Å². The van der Waals surface area contributed by atoms with Gasteiger partial charge in [-0.3, -0.25) is 5.10 Å². The molecule has 3 rings (SSSR count). The van der Waals surface area contributed by atoms with Gasteiger partial charge in [0, 0.05) is 30.1 Å². The molecule has 0 fully saturated rings. The molecule has 0 aromatic carbocycles. The fourth-order valence-electron chi connectivity index (χ4n) is 2.88. The van der Waals surface area contributed by atoms with E-state index < -0.39 is 0 Å². The van der Waals surface area contributed by atoms with Crippen LogP contribution in [0.3, 0.4) is 0 Å². The molecule has 1 aliphatic rings. The van der Waals surface area contributed by atoms with Crippen molar-refractivity contribution in [1.82, 2.24) is 15.2 Å². The second-order valence-electron chi connectivity index (χ2n) is 5.23. The molecule has 0 amide bonds. The molecule has 1 atom stereocenters. The maximum Gasteiger partial charge on any atom is 0.126 e. The molecule has 100 valence electrons. The lowest BCUT2D eigenvalue weighted by Gasteiger charge is -2.20. The lowest BCUT2D eigenvalue weighted by atomic mass is 9.84. The second kappa shape index (κ2) is 5.03. The topological polar surface area (TPSA) is 53.6 Å². The van der Waals surface area contributed by atoms with Crippen molar-refractivity contribution in [3.05, 3.63) is 29.6 Å². The van der Waals surface area contributed by atoms with Gasteiger partial charge >= 0.3 is 0 Å². The Kier molecular flexibility index (Phi) is 3.23. The molecule has 2 aromatic heterocycles. The Hall–Kier alpha value is -1.84. The molecular weight excluding hydrogens is 236 g/mol. The minimum Gasteiger partial charge on any atom is -0.373 e. The first-order valence-electron chi connectivity index (χ1n) is 7.02. The summed E-state index contributed by atoms with van der Waals surface area (Å²) in [5.41, 5.74) is 4.98. The Labute approximate surface area is 113 Å². The van der Waals surface area contributed by atoms with Gasteiger partial charge in [0.25, 0.3) is 0 Å². The van der Waals surface area contributed by atoms with Gasteiger partial charge < -0.3 is 5.32 Å². The number of nitrogens with zero attached hydrogens (tertiary/aromatic N) is 2. The third-order valence-electron chi connectivity index (χ3n) is 4.12. The van der Waals surface area contributed by atoms with Crippen LogP contribution in [0.4, 0.5) is 5.82 Å². The summed E-state index contributed by atoms with van der Waals surface area (Å²) < 4.78 is 0. The summed E-state index contributed by atoms with van der Waals surface area (Å²) in [6.45, 7) is 2.27. The van der Waals surface area contributed by atoms with Crippen LogP contribution in [0.1, 0.15) is 31.0 Å². The summed E-state index contributed by atoms with van der Waals surface area (Å²) in [6, 6.07) is 4.09. The number of hydrogen-bond donors (Lipinski definition) is 2. The van der Waals surface area contributed by atoms with Crippen LogP contribution in [0.5, 0.6) is 0 Å². The van der Waals surface area contributed by atoms with Gasteiger partial charge in [-0.25, -0.2) is 4.98 Å². The van der Waals surface area contributed by atoms with E-state index in [0.29, 0.717) is 0 Å². The quantitative estimate of drug-likeness (QED) is 0.887. The number of H-pyrrole nitrogens is 1. The van der Waals surface area contributed by atoms with Gasteiger partial charge in [-0.1, -0.05) is 13.3 Å². The highest BCUT2D eigenvalue weighted by Gasteiger charge is 2.23. The van der Waals surface area contributed by atoms with E-state index in [1.165, 1.54) is 24.1 Å². The highest BCUT2D eigenvalue weighted by molar-refractivity contribution is 5.67. The average molecular weight is 256 g/mol. The van der Waals surface area contributed by atoms with Crippen LogP contribution in [0.25, 0.3) is 11.3 Å². The number of hydrogen-bond acceptors (Lipinski definition) is 3. The fraction of sp³-hybridized carbons (Fsp3) is 0.467. The van der Waals surface area contributed by atoms with E-state index in [-0.39, 0.29) is 0 Å². The van der Waals surface area contributed by atoms with Gasteiger partial charge in [0.05, 0.1) is 5.69 Å². The Balaban J connectivity index is 1.96. The Morgan fingerprint density at radius 1 is 1.47 bits per heavy atom. The van der Waals surface area contributed by atoms with Crippen LogP contribution in [0, 0.1) is 5.92 Å². The van der Waals surface area contributed by atoms with E-state index in [1.54, 1.807) is 0 Å². The number of aromatic amines is 1. The Bertz CT molecular complexity index is 573. The highest BCUT2D eigenvalue weighted by atomic mass is 15.1. The van der Waals surface area contributed by atoms with E-state index in [1.807, 2.05) is 19.3 Å². The van der Waals surface area contributed by atoms with Crippen molar-refractivity contribution in [2.75, 3.05) is 12.4 Å². The molecule has 0 aliphatic heterocycles. The number of fused-ring (bicyclic) bond motifs is 1. The van der Waals surface area contributed by atoms with Gasteiger partial charge in [-0.05, 0) is 37.3 Å². The maximum absolute atomic E-state index is 4.53. The molecule has 0 saturated heterocycles. The molecule has 4 heteroatoms. The first kappa shape index (κ1) is 12.2. The fourth-order valence-corrected chi connectivity index (χ4v) is 2.88. The zero-order valence-electron chi connectivity index (χ0n) is 11.5. The molecule has 0 bridgehead atoms. The van der Waals surface area contributed by atoms with E-state index in [0.717, 1.165) is 35.8 Å². The zero-order chi connectivity index (χ0) is 13.2. The third kappa shape index (κ3) is 2.23. The molecule has 1 aliphatic carbocycles. The lowest BCUT2D eigenvalue weighted by molar-refractivity contribution is 0.440. The molecule has 0 spiro atoms. The van der Waals surface area contributed by atoms with Crippen molar-refractivity contribution in [1.29, 1.82) is 0 Å². The van der Waals surface area contributed by atoms with E-state index in [2.05, 4.69) is 33.5 Å². The maximum atomic E-state index is 4.53. The van der Waals surface area contributed by atoms with Crippen LogP contribution in [-0.2, 0) is 12.8 Å². The van der Waals surface area contributed by atoms with Crippen molar-refractivity contribution in [3.63, 3.8) is 0 Å². The highest BCUT2D eigenvalue weighted by Crippen LogP contribution is 2.33. The SMILES string of the molecule is CCC1CCc2c(-c3ccnc(NC)c3)n[nH]c2C1. The minimum absolute atomic E-state index is 0.811. The molecule has 19 heavy (non-hydrogen) atoms. The Morgan fingerprint density at radius 2 is 2.37 bits per heavy atom. The number of aromatic nitrogens is 3. The first-order chi connectivity index (χ1) is 9.31. The molecule has 2 aromatic rings. The van der Waals surface area contributed by atoms with Crippen molar-refractivity contribution < 1.29 is 0 Å². The van der Waals surface area contributed by atoms with Crippen LogP contribution in [0.15, 0.2) is 18.3 Å². The molecule has 2 N–H and O–H groups in total. The standard InChI is InChI=1S/C15H20N4/c1-3-10-4-5-12-13(8-10)18-19-15(12)11-6-7-17-14(9-11)16-2/h6-7,9-10H,3-5,8H2,1-2H3,(H,16,17)(H,18,19). The largest absolute Gasteiger partial charge is 0.373 e. The van der Waals surface area contributed by atoms with Crippen LogP contribution in [0.2, 0.25) is 0 Å². The number of pyridine rings is 1. The molecular formula is C15H20N4. The normalized spacial score (nSPS) is 18.1. The van der Waals surface area contributed by atoms with E-state index >= 15 is 0 Å². The molecule has 4 nitrogen and oxygen atoms in total. The summed E-state index contributed by atoms with van der Waals surface area (Å²) in [6.07, 6.45) is 6.65.